The number of nitrogens with one attached hydrogen (secondary N) is 1. The molecule has 100 valence electrons. The third-order valence-electron chi connectivity index (χ3n) is 3.45. The molecular weight excluding hydrogens is 220 g/mol. The van der Waals surface area contributed by atoms with E-state index in [0.29, 0.717) is 0 Å². The molecule has 1 aromatic rings. The summed E-state index contributed by atoms with van der Waals surface area (Å²) >= 11 is 0. The molecule has 1 aliphatic rings. The molecule has 1 fully saturated rings. The van der Waals surface area contributed by atoms with Gasteiger partial charge in [-0.15, -0.1) is 0 Å². The predicted octanol–water partition coefficient (Wildman–Crippen LogP) is 3.03. The van der Waals surface area contributed by atoms with Crippen molar-refractivity contribution in [1.29, 1.82) is 0 Å². The van der Waals surface area contributed by atoms with Crippen LogP contribution < -0.4 is 5.32 Å². The van der Waals surface area contributed by atoms with Gasteiger partial charge in [-0.1, -0.05) is 38.1 Å². The van der Waals surface area contributed by atoms with E-state index in [1.165, 1.54) is 30.5 Å². The first kappa shape index (κ1) is 13.6. The van der Waals surface area contributed by atoms with Crippen LogP contribution in [0.3, 0.4) is 0 Å². The Morgan fingerprint density at radius 1 is 1.17 bits per heavy atom. The fraction of sp³-hybridized carbons (Fsp3) is 0.625. The summed E-state index contributed by atoms with van der Waals surface area (Å²) in [6.45, 7) is 7.92. The maximum atomic E-state index is 3.19. The summed E-state index contributed by atoms with van der Waals surface area (Å²) in [7, 11) is 1.99. The van der Waals surface area contributed by atoms with Crippen LogP contribution in [0.15, 0.2) is 24.3 Å². The number of nitrogens with zero attached hydrogens (tertiary/aromatic N) is 1. The van der Waals surface area contributed by atoms with Gasteiger partial charge in [-0.25, -0.2) is 0 Å². The Balaban J connectivity index is 1.93. The molecule has 0 radical (unpaired) electrons. The van der Waals surface area contributed by atoms with Crippen LogP contribution in [0.2, 0.25) is 0 Å². The Hall–Kier alpha value is -0.860. The fourth-order valence-electron chi connectivity index (χ4n) is 2.45. The molecule has 0 aliphatic heterocycles. The molecule has 0 spiro atoms. The predicted molar refractivity (Wildman–Crippen MR) is 77.5 cm³/mol. The Morgan fingerprint density at radius 3 is 2.28 bits per heavy atom. The monoisotopic (exact) mass is 246 g/mol. The third-order valence-corrected chi connectivity index (χ3v) is 3.45. The van der Waals surface area contributed by atoms with E-state index >= 15 is 0 Å². The molecule has 2 nitrogen and oxygen atoms in total. The van der Waals surface area contributed by atoms with Crippen molar-refractivity contribution in [1.82, 2.24) is 10.2 Å². The molecule has 18 heavy (non-hydrogen) atoms. The van der Waals surface area contributed by atoms with E-state index in [2.05, 4.69) is 48.3 Å². The van der Waals surface area contributed by atoms with Crippen LogP contribution >= 0.6 is 0 Å². The van der Waals surface area contributed by atoms with Crippen molar-refractivity contribution in [3.63, 3.8) is 0 Å². The van der Waals surface area contributed by atoms with Crippen molar-refractivity contribution in [2.75, 3.05) is 13.6 Å². The lowest BCUT2D eigenvalue weighted by atomic mass is 10.1. The zero-order chi connectivity index (χ0) is 13.0. The normalized spacial score (nSPS) is 15.6. The molecule has 1 aliphatic carbocycles. The van der Waals surface area contributed by atoms with Crippen LogP contribution in [0.4, 0.5) is 0 Å². The van der Waals surface area contributed by atoms with Crippen molar-refractivity contribution < 1.29 is 0 Å². The molecule has 0 unspecified atom stereocenters. The molecule has 1 N–H and O–H groups in total. The zero-order valence-electron chi connectivity index (χ0n) is 11.9. The van der Waals surface area contributed by atoms with Gasteiger partial charge in [0, 0.05) is 25.7 Å². The highest BCUT2D eigenvalue weighted by Gasteiger charge is 2.28. The average molecular weight is 246 g/mol. The minimum Gasteiger partial charge on any atom is -0.316 e. The Bertz CT molecular complexity index is 352. The summed E-state index contributed by atoms with van der Waals surface area (Å²) < 4.78 is 0. The van der Waals surface area contributed by atoms with E-state index in [9.17, 15) is 0 Å². The van der Waals surface area contributed by atoms with Gasteiger partial charge in [0.1, 0.15) is 0 Å². The Labute approximate surface area is 111 Å². The first-order chi connectivity index (χ1) is 8.69. The van der Waals surface area contributed by atoms with Gasteiger partial charge < -0.3 is 5.32 Å². The maximum Gasteiger partial charge on any atom is 0.0236 e. The lowest BCUT2D eigenvalue weighted by Crippen LogP contribution is -2.29. The summed E-state index contributed by atoms with van der Waals surface area (Å²) in [6, 6.07) is 9.90. The summed E-state index contributed by atoms with van der Waals surface area (Å²) in [5.74, 6) is 0.758. The second-order valence-electron chi connectivity index (χ2n) is 5.90. The van der Waals surface area contributed by atoms with Crippen LogP contribution in [0.1, 0.15) is 37.8 Å². The van der Waals surface area contributed by atoms with Gasteiger partial charge in [0.15, 0.2) is 0 Å². The number of hydrogen-bond donors (Lipinski definition) is 1. The second kappa shape index (κ2) is 6.35. The van der Waals surface area contributed by atoms with Gasteiger partial charge in [-0.05, 0) is 36.9 Å². The van der Waals surface area contributed by atoms with Crippen molar-refractivity contribution >= 4 is 0 Å². The van der Waals surface area contributed by atoms with E-state index in [0.717, 1.165) is 25.0 Å². The highest BCUT2D eigenvalue weighted by atomic mass is 15.2. The standard InChI is InChI=1S/C16H26N2/c1-13(2)11-18(16-8-9-16)12-15-6-4-14(5-7-15)10-17-3/h4-7,13,16-17H,8-12H2,1-3H3. The minimum atomic E-state index is 0.758. The van der Waals surface area contributed by atoms with Crippen molar-refractivity contribution in [3.05, 3.63) is 35.4 Å². The number of benzene rings is 1. The molecule has 1 aromatic carbocycles. The molecule has 2 heteroatoms. The summed E-state index contributed by atoms with van der Waals surface area (Å²) in [4.78, 5) is 2.65. The number of rotatable bonds is 7. The second-order valence-corrected chi connectivity index (χ2v) is 5.90. The quantitative estimate of drug-likeness (QED) is 0.795. The molecule has 0 amide bonds. The van der Waals surface area contributed by atoms with E-state index < -0.39 is 0 Å². The van der Waals surface area contributed by atoms with Gasteiger partial charge in [0.25, 0.3) is 0 Å². The summed E-state index contributed by atoms with van der Waals surface area (Å²) in [5.41, 5.74) is 2.81. The Morgan fingerprint density at radius 2 is 1.78 bits per heavy atom. The van der Waals surface area contributed by atoms with Crippen LogP contribution in [-0.4, -0.2) is 24.5 Å². The van der Waals surface area contributed by atoms with Gasteiger partial charge in [-0.2, -0.15) is 0 Å². The maximum absolute atomic E-state index is 3.19. The Kier molecular flexibility index (Phi) is 4.79. The van der Waals surface area contributed by atoms with Crippen LogP contribution in [0.25, 0.3) is 0 Å². The van der Waals surface area contributed by atoms with Gasteiger partial charge in [-0.3, -0.25) is 4.90 Å². The first-order valence-electron chi connectivity index (χ1n) is 7.15. The van der Waals surface area contributed by atoms with E-state index in [-0.39, 0.29) is 0 Å². The lowest BCUT2D eigenvalue weighted by Gasteiger charge is -2.24. The van der Waals surface area contributed by atoms with E-state index in [1.807, 2.05) is 7.05 Å². The van der Waals surface area contributed by atoms with Crippen LogP contribution in [0.5, 0.6) is 0 Å². The zero-order valence-corrected chi connectivity index (χ0v) is 11.9. The molecule has 0 heterocycles. The SMILES string of the molecule is CNCc1ccc(CN(CC(C)C)C2CC2)cc1. The number of hydrogen-bond acceptors (Lipinski definition) is 2. The van der Waals surface area contributed by atoms with Crippen molar-refractivity contribution in [2.24, 2.45) is 5.92 Å². The molecular formula is C16H26N2. The lowest BCUT2D eigenvalue weighted by molar-refractivity contribution is 0.226. The highest BCUT2D eigenvalue weighted by molar-refractivity contribution is 5.22. The molecule has 2 rings (SSSR count). The molecule has 0 bridgehead atoms. The summed E-state index contributed by atoms with van der Waals surface area (Å²) in [5, 5.41) is 3.19. The molecule has 0 atom stereocenters. The van der Waals surface area contributed by atoms with Gasteiger partial charge in [0.05, 0.1) is 0 Å². The van der Waals surface area contributed by atoms with E-state index in [4.69, 9.17) is 0 Å². The largest absolute Gasteiger partial charge is 0.316 e. The smallest absolute Gasteiger partial charge is 0.0236 e. The van der Waals surface area contributed by atoms with E-state index in [1.54, 1.807) is 0 Å². The molecule has 0 saturated heterocycles. The van der Waals surface area contributed by atoms with Gasteiger partial charge in [0.2, 0.25) is 0 Å². The summed E-state index contributed by atoms with van der Waals surface area (Å²) in [6.07, 6.45) is 2.79. The third kappa shape index (κ3) is 4.11. The van der Waals surface area contributed by atoms with Crippen molar-refractivity contribution in [3.8, 4) is 0 Å². The van der Waals surface area contributed by atoms with Crippen LogP contribution in [0, 0.1) is 5.92 Å². The topological polar surface area (TPSA) is 15.3 Å². The molecule has 0 aromatic heterocycles. The highest BCUT2D eigenvalue weighted by Crippen LogP contribution is 2.29. The van der Waals surface area contributed by atoms with Crippen molar-refractivity contribution in [2.45, 2.75) is 45.8 Å². The first-order valence-corrected chi connectivity index (χ1v) is 7.15. The van der Waals surface area contributed by atoms with Crippen LogP contribution in [-0.2, 0) is 13.1 Å². The molecule has 1 saturated carbocycles. The average Bonchev–Trinajstić information content (AvgIpc) is 3.14. The van der Waals surface area contributed by atoms with Gasteiger partial charge >= 0.3 is 0 Å². The minimum absolute atomic E-state index is 0.758. The fourth-order valence-corrected chi connectivity index (χ4v) is 2.45.